The van der Waals surface area contributed by atoms with E-state index < -0.39 is 11.7 Å². The zero-order valence-corrected chi connectivity index (χ0v) is 21.7. The molecule has 38 heavy (non-hydrogen) atoms. The number of likely N-dealkylation sites (tertiary alicyclic amines) is 2. The maximum Gasteiger partial charge on any atom is 0.416 e. The molecule has 1 aromatic heterocycles. The van der Waals surface area contributed by atoms with Crippen molar-refractivity contribution in [3.05, 3.63) is 46.8 Å². The van der Waals surface area contributed by atoms with Gasteiger partial charge in [0.05, 0.1) is 34.8 Å². The topological polar surface area (TPSA) is 90.7 Å². The van der Waals surface area contributed by atoms with E-state index in [0.29, 0.717) is 48.7 Å². The first-order valence-corrected chi connectivity index (χ1v) is 13.3. The van der Waals surface area contributed by atoms with Gasteiger partial charge in [0.2, 0.25) is 5.91 Å². The second-order valence-corrected chi connectivity index (χ2v) is 10.8. The highest BCUT2D eigenvalue weighted by Crippen LogP contribution is 2.44. The number of aliphatic hydroxyl groups is 1. The third kappa shape index (κ3) is 5.31. The van der Waals surface area contributed by atoms with Crippen molar-refractivity contribution in [1.29, 1.82) is 0 Å². The van der Waals surface area contributed by atoms with Crippen molar-refractivity contribution >= 4 is 11.8 Å². The number of carbonyl (C=O) groups is 2. The minimum atomic E-state index is -4.46. The number of alkyl halides is 3. The summed E-state index contributed by atoms with van der Waals surface area (Å²) in [5.41, 5.74) is 1.29. The van der Waals surface area contributed by atoms with Crippen LogP contribution in [0.15, 0.2) is 24.3 Å². The molecule has 2 atom stereocenters. The number of nitrogens with one attached hydrogen (secondary N) is 1. The van der Waals surface area contributed by atoms with Gasteiger partial charge in [0, 0.05) is 50.6 Å². The molecule has 3 aliphatic rings. The van der Waals surface area contributed by atoms with E-state index in [1.807, 2.05) is 4.90 Å². The van der Waals surface area contributed by atoms with Crippen molar-refractivity contribution < 1.29 is 27.9 Å². The van der Waals surface area contributed by atoms with Gasteiger partial charge in [-0.25, -0.2) is 4.68 Å². The van der Waals surface area contributed by atoms with Crippen LogP contribution < -0.4 is 5.32 Å². The maximum absolute atomic E-state index is 13.8. The highest BCUT2D eigenvalue weighted by molar-refractivity contribution is 5.97. The monoisotopic (exact) mass is 533 g/mol. The Morgan fingerprint density at radius 2 is 1.87 bits per heavy atom. The number of benzene rings is 1. The van der Waals surface area contributed by atoms with Crippen LogP contribution in [0.2, 0.25) is 0 Å². The van der Waals surface area contributed by atoms with Crippen molar-refractivity contribution in [2.75, 3.05) is 26.2 Å². The van der Waals surface area contributed by atoms with Gasteiger partial charge in [-0.3, -0.25) is 14.5 Å². The number of aliphatic hydroxyl groups excluding tert-OH is 1. The Kier molecular flexibility index (Phi) is 7.25. The lowest BCUT2D eigenvalue weighted by molar-refractivity contribution is -0.137. The lowest BCUT2D eigenvalue weighted by Gasteiger charge is -2.39. The van der Waals surface area contributed by atoms with E-state index >= 15 is 0 Å². The molecular weight excluding hydrogens is 499 g/mol. The Hall–Kier alpha value is -2.92. The van der Waals surface area contributed by atoms with Crippen molar-refractivity contribution in [3.63, 3.8) is 0 Å². The van der Waals surface area contributed by atoms with Crippen LogP contribution in [0.3, 0.4) is 0 Å². The summed E-state index contributed by atoms with van der Waals surface area (Å²) in [6.07, 6.45) is -0.524. The fourth-order valence-electron chi connectivity index (χ4n) is 6.07. The summed E-state index contributed by atoms with van der Waals surface area (Å²) in [5, 5.41) is 17.4. The summed E-state index contributed by atoms with van der Waals surface area (Å²) in [7, 11) is 0. The molecule has 2 saturated heterocycles. The zero-order valence-electron chi connectivity index (χ0n) is 21.7. The largest absolute Gasteiger partial charge is 0.416 e. The third-order valence-electron chi connectivity index (χ3n) is 7.99. The highest BCUT2D eigenvalue weighted by atomic mass is 19.4. The number of carbonyl (C=O) groups excluding carboxylic acids is 2. The molecule has 3 heterocycles. The molecule has 1 aliphatic carbocycles. The van der Waals surface area contributed by atoms with Crippen LogP contribution in [0, 0.1) is 6.92 Å². The fourth-order valence-corrected chi connectivity index (χ4v) is 6.07. The van der Waals surface area contributed by atoms with Gasteiger partial charge < -0.3 is 15.3 Å². The Labute approximate surface area is 219 Å². The van der Waals surface area contributed by atoms with Crippen molar-refractivity contribution in [2.45, 2.75) is 76.2 Å². The Bertz CT molecular complexity index is 1200. The Morgan fingerprint density at radius 3 is 2.47 bits per heavy atom. The number of nitrogens with zero attached hydrogens (tertiary/aromatic N) is 4. The van der Waals surface area contributed by atoms with E-state index in [4.69, 9.17) is 0 Å². The molecule has 11 heteroatoms. The summed E-state index contributed by atoms with van der Waals surface area (Å²) in [4.78, 5) is 29.3. The quantitative estimate of drug-likeness (QED) is 0.595. The number of rotatable bonds is 6. The first kappa shape index (κ1) is 26.7. The Balaban J connectivity index is 1.33. The van der Waals surface area contributed by atoms with E-state index in [9.17, 15) is 27.9 Å². The van der Waals surface area contributed by atoms with Crippen LogP contribution in [-0.2, 0) is 11.0 Å². The van der Waals surface area contributed by atoms with Gasteiger partial charge in [0.25, 0.3) is 5.91 Å². The molecular formula is C27H34F3N5O3. The summed E-state index contributed by atoms with van der Waals surface area (Å²) in [5.74, 6) is -0.110. The first-order chi connectivity index (χ1) is 18.1. The van der Waals surface area contributed by atoms with Gasteiger partial charge in [-0.1, -0.05) is 6.07 Å². The molecule has 2 aromatic rings. The van der Waals surface area contributed by atoms with E-state index in [0.717, 1.165) is 37.8 Å². The fraction of sp³-hybridized carbons (Fsp3) is 0.593. The SMILES string of the molecule is CC(=O)N[C@@H]1C[C@@H](CO)N(C2CCN(C(=O)c3c(C)nn(-c4cccc(C(F)(F)F)c4)c3C3CC3)CC2)C1. The smallest absolute Gasteiger partial charge is 0.395 e. The lowest BCUT2D eigenvalue weighted by atomic mass is 10.0. The van der Waals surface area contributed by atoms with Crippen LogP contribution in [-0.4, -0.2) is 80.9 Å². The van der Waals surface area contributed by atoms with E-state index in [1.165, 1.54) is 17.7 Å². The second-order valence-electron chi connectivity index (χ2n) is 10.8. The van der Waals surface area contributed by atoms with Crippen LogP contribution in [0.4, 0.5) is 13.2 Å². The number of hydrogen-bond donors (Lipinski definition) is 2. The molecule has 8 nitrogen and oxygen atoms in total. The number of aryl methyl sites for hydroxylation is 1. The van der Waals surface area contributed by atoms with Crippen LogP contribution >= 0.6 is 0 Å². The van der Waals surface area contributed by atoms with Gasteiger partial charge in [-0.2, -0.15) is 18.3 Å². The summed E-state index contributed by atoms with van der Waals surface area (Å²) >= 11 is 0. The molecule has 0 unspecified atom stereocenters. The maximum atomic E-state index is 13.8. The van der Waals surface area contributed by atoms with Crippen molar-refractivity contribution in [2.24, 2.45) is 0 Å². The first-order valence-electron chi connectivity index (χ1n) is 13.3. The van der Waals surface area contributed by atoms with Gasteiger partial charge in [0.1, 0.15) is 0 Å². The summed E-state index contributed by atoms with van der Waals surface area (Å²) in [6, 6.07) is 5.27. The summed E-state index contributed by atoms with van der Waals surface area (Å²) < 4.78 is 41.6. The molecule has 5 rings (SSSR count). The van der Waals surface area contributed by atoms with Crippen molar-refractivity contribution in [1.82, 2.24) is 24.9 Å². The predicted molar refractivity (Wildman–Crippen MR) is 134 cm³/mol. The highest BCUT2D eigenvalue weighted by Gasteiger charge is 2.40. The number of aromatic nitrogens is 2. The number of halogens is 3. The molecule has 2 N–H and O–H groups in total. The lowest BCUT2D eigenvalue weighted by Crippen LogP contribution is -2.49. The minimum absolute atomic E-state index is 0.00903. The molecule has 0 spiro atoms. The van der Waals surface area contributed by atoms with E-state index in [1.54, 1.807) is 13.0 Å². The van der Waals surface area contributed by atoms with Gasteiger partial charge >= 0.3 is 6.18 Å². The molecule has 0 bridgehead atoms. The van der Waals surface area contributed by atoms with E-state index in [-0.39, 0.29) is 42.5 Å². The normalized spacial score (nSPS) is 23.2. The Morgan fingerprint density at radius 1 is 1.16 bits per heavy atom. The zero-order chi connectivity index (χ0) is 27.2. The third-order valence-corrected chi connectivity index (χ3v) is 7.99. The van der Waals surface area contributed by atoms with Crippen LogP contribution in [0.1, 0.15) is 72.3 Å². The number of amides is 2. The molecule has 1 saturated carbocycles. The molecule has 2 aliphatic heterocycles. The molecule has 2 amide bonds. The average molecular weight is 534 g/mol. The van der Waals surface area contributed by atoms with Gasteiger partial charge in [-0.15, -0.1) is 0 Å². The van der Waals surface area contributed by atoms with E-state index in [2.05, 4.69) is 15.3 Å². The molecule has 1 aromatic carbocycles. The summed E-state index contributed by atoms with van der Waals surface area (Å²) in [6.45, 7) is 5.02. The number of hydrogen-bond acceptors (Lipinski definition) is 5. The average Bonchev–Trinajstić information content (AvgIpc) is 3.55. The van der Waals surface area contributed by atoms with Gasteiger partial charge in [-0.05, 0) is 57.2 Å². The predicted octanol–water partition coefficient (Wildman–Crippen LogP) is 3.25. The molecule has 206 valence electrons. The standard InChI is InChI=1S/C27H34F3N5O3/c1-16-24(25(18-6-7-18)35(32-16)22-5-3-4-19(12-22)27(28,29)30)26(38)33-10-8-21(9-11-33)34-14-20(31-17(2)37)13-23(34)15-36/h3-5,12,18,20-21,23,36H,6-11,13-15H2,1-2H3,(H,31,37)/t20-,23+/m1/s1. The van der Waals surface area contributed by atoms with Crippen LogP contribution in [0.5, 0.6) is 0 Å². The number of piperidine rings is 1. The van der Waals surface area contributed by atoms with Gasteiger partial charge in [0.15, 0.2) is 0 Å². The second kappa shape index (κ2) is 10.3. The van der Waals surface area contributed by atoms with Crippen LogP contribution in [0.25, 0.3) is 5.69 Å². The molecule has 0 radical (unpaired) electrons. The van der Waals surface area contributed by atoms with Crippen molar-refractivity contribution in [3.8, 4) is 5.69 Å². The minimum Gasteiger partial charge on any atom is -0.395 e. The molecule has 3 fully saturated rings.